The largest absolute Gasteiger partial charge is 0.491 e. The maximum absolute atomic E-state index is 11.4. The molecule has 0 bridgehead atoms. The lowest BCUT2D eigenvalue weighted by Gasteiger charge is -2.09. The summed E-state index contributed by atoms with van der Waals surface area (Å²) in [6.45, 7) is 2.80. The molecule has 1 aromatic rings. The van der Waals surface area contributed by atoms with E-state index in [4.69, 9.17) is 10.5 Å². The van der Waals surface area contributed by atoms with Crippen molar-refractivity contribution in [3.63, 3.8) is 0 Å². The molecule has 4 nitrogen and oxygen atoms in total. The molecule has 0 spiro atoms. The summed E-state index contributed by atoms with van der Waals surface area (Å²) in [7, 11) is -3.21. The van der Waals surface area contributed by atoms with E-state index >= 15 is 0 Å². The van der Waals surface area contributed by atoms with Gasteiger partial charge in [0, 0.05) is 6.26 Å². The Morgan fingerprint density at radius 2 is 1.84 bits per heavy atom. The summed E-state index contributed by atoms with van der Waals surface area (Å²) in [5, 5.41) is 0. The number of nitrogens with two attached hydrogens (primary N) is 1. The van der Waals surface area contributed by atoms with Crippen LogP contribution in [0.15, 0.2) is 23.1 Å². The second-order valence-electron chi connectivity index (χ2n) is 4.73. The summed E-state index contributed by atoms with van der Waals surface area (Å²) < 4.78 is 28.3. The quantitative estimate of drug-likeness (QED) is 0.589. The average molecular weight is 285 g/mol. The maximum atomic E-state index is 11.4. The number of benzene rings is 1. The molecule has 2 N–H and O–H groups in total. The molecular weight excluding hydrogens is 262 g/mol. The van der Waals surface area contributed by atoms with Crippen LogP contribution in [0.4, 0.5) is 5.69 Å². The van der Waals surface area contributed by atoms with Gasteiger partial charge < -0.3 is 10.5 Å². The Labute approximate surface area is 115 Å². The van der Waals surface area contributed by atoms with Crippen molar-refractivity contribution in [3.05, 3.63) is 18.2 Å². The van der Waals surface area contributed by atoms with Crippen LogP contribution in [0.25, 0.3) is 0 Å². The number of anilines is 1. The third kappa shape index (κ3) is 5.51. The standard InChI is InChI=1S/C14H23NO3S/c1-3-4-5-6-7-10-18-14-9-8-12(11-13(14)15)19(2,16)17/h8-9,11H,3-7,10,15H2,1-2H3. The predicted molar refractivity (Wildman–Crippen MR) is 78.2 cm³/mol. The van der Waals surface area contributed by atoms with E-state index in [1.807, 2.05) is 0 Å². The molecule has 0 fully saturated rings. The van der Waals surface area contributed by atoms with E-state index in [-0.39, 0.29) is 4.90 Å². The van der Waals surface area contributed by atoms with Crippen molar-refractivity contribution in [2.75, 3.05) is 18.6 Å². The lowest BCUT2D eigenvalue weighted by atomic mass is 10.2. The molecule has 0 saturated heterocycles. The topological polar surface area (TPSA) is 69.4 Å². The average Bonchev–Trinajstić information content (AvgIpc) is 2.34. The molecule has 5 heteroatoms. The van der Waals surface area contributed by atoms with Gasteiger partial charge in [0.2, 0.25) is 0 Å². The van der Waals surface area contributed by atoms with Gasteiger partial charge in [0.05, 0.1) is 17.2 Å². The van der Waals surface area contributed by atoms with E-state index in [0.29, 0.717) is 18.0 Å². The highest BCUT2D eigenvalue weighted by molar-refractivity contribution is 7.90. The molecule has 1 aromatic carbocycles. The van der Waals surface area contributed by atoms with Crippen molar-refractivity contribution in [2.24, 2.45) is 0 Å². The minimum atomic E-state index is -3.21. The molecule has 0 unspecified atom stereocenters. The molecule has 0 aromatic heterocycles. The number of sulfone groups is 1. The van der Waals surface area contributed by atoms with Crippen LogP contribution in [0.1, 0.15) is 39.0 Å². The highest BCUT2D eigenvalue weighted by Gasteiger charge is 2.09. The number of hydrogen-bond donors (Lipinski definition) is 1. The Morgan fingerprint density at radius 1 is 1.16 bits per heavy atom. The maximum Gasteiger partial charge on any atom is 0.175 e. The number of hydrogen-bond acceptors (Lipinski definition) is 4. The molecular formula is C14H23NO3S. The van der Waals surface area contributed by atoms with Crippen LogP contribution in [-0.2, 0) is 9.84 Å². The van der Waals surface area contributed by atoms with Gasteiger partial charge in [-0.2, -0.15) is 0 Å². The summed E-state index contributed by atoms with van der Waals surface area (Å²) in [5.74, 6) is 0.558. The van der Waals surface area contributed by atoms with E-state index in [0.717, 1.165) is 19.1 Å². The monoisotopic (exact) mass is 285 g/mol. The van der Waals surface area contributed by atoms with Crippen molar-refractivity contribution in [3.8, 4) is 5.75 Å². The molecule has 0 aliphatic carbocycles. The van der Waals surface area contributed by atoms with E-state index < -0.39 is 9.84 Å². The van der Waals surface area contributed by atoms with Gasteiger partial charge in [-0.25, -0.2) is 8.42 Å². The van der Waals surface area contributed by atoms with Gasteiger partial charge in [0.1, 0.15) is 5.75 Å². The molecule has 19 heavy (non-hydrogen) atoms. The molecule has 0 aliphatic heterocycles. The second-order valence-corrected chi connectivity index (χ2v) is 6.75. The minimum absolute atomic E-state index is 0.222. The summed E-state index contributed by atoms with van der Waals surface area (Å²) in [6.07, 6.45) is 7.01. The van der Waals surface area contributed by atoms with Crippen LogP contribution in [0.2, 0.25) is 0 Å². The Hall–Kier alpha value is -1.23. The second kappa shape index (κ2) is 7.38. The lowest BCUT2D eigenvalue weighted by molar-refractivity contribution is 0.306. The van der Waals surface area contributed by atoms with Crippen molar-refractivity contribution in [1.29, 1.82) is 0 Å². The summed E-state index contributed by atoms with van der Waals surface area (Å²) in [6, 6.07) is 4.59. The zero-order valence-electron chi connectivity index (χ0n) is 11.7. The van der Waals surface area contributed by atoms with Crippen LogP contribution in [0.3, 0.4) is 0 Å². The number of rotatable bonds is 8. The molecule has 0 aliphatic rings. The molecule has 0 radical (unpaired) electrons. The van der Waals surface area contributed by atoms with E-state index in [1.54, 1.807) is 6.07 Å². The van der Waals surface area contributed by atoms with Crippen molar-refractivity contribution in [2.45, 2.75) is 43.9 Å². The number of ether oxygens (including phenoxy) is 1. The van der Waals surface area contributed by atoms with Crippen LogP contribution >= 0.6 is 0 Å². The van der Waals surface area contributed by atoms with Crippen molar-refractivity contribution >= 4 is 15.5 Å². The summed E-state index contributed by atoms with van der Waals surface area (Å²) in [5.41, 5.74) is 6.16. The van der Waals surface area contributed by atoms with Gasteiger partial charge >= 0.3 is 0 Å². The molecule has 108 valence electrons. The summed E-state index contributed by atoms with van der Waals surface area (Å²) >= 11 is 0. The Kier molecular flexibility index (Phi) is 6.15. The first-order valence-corrected chi connectivity index (χ1v) is 8.56. The summed E-state index contributed by atoms with van der Waals surface area (Å²) in [4.78, 5) is 0.222. The zero-order chi connectivity index (χ0) is 14.3. The van der Waals surface area contributed by atoms with Crippen molar-refractivity contribution < 1.29 is 13.2 Å². The fourth-order valence-electron chi connectivity index (χ4n) is 1.78. The first-order valence-electron chi connectivity index (χ1n) is 6.67. The Bertz CT molecular complexity index is 497. The van der Waals surface area contributed by atoms with E-state index in [9.17, 15) is 8.42 Å². The highest BCUT2D eigenvalue weighted by atomic mass is 32.2. The predicted octanol–water partition coefficient (Wildman–Crippen LogP) is 3.02. The Balaban J connectivity index is 2.47. The van der Waals surface area contributed by atoms with E-state index in [1.165, 1.54) is 31.4 Å². The third-order valence-corrected chi connectivity index (χ3v) is 4.03. The molecule has 0 saturated carbocycles. The molecule has 0 atom stereocenters. The van der Waals surface area contributed by atoms with Gasteiger partial charge in [-0.3, -0.25) is 0 Å². The number of nitrogen functional groups attached to an aromatic ring is 1. The highest BCUT2D eigenvalue weighted by Crippen LogP contribution is 2.25. The first-order chi connectivity index (χ1) is 8.95. The minimum Gasteiger partial charge on any atom is -0.491 e. The third-order valence-electron chi connectivity index (χ3n) is 2.91. The van der Waals surface area contributed by atoms with E-state index in [2.05, 4.69) is 6.92 Å². The van der Waals surface area contributed by atoms with Gasteiger partial charge in [0.15, 0.2) is 9.84 Å². The SMILES string of the molecule is CCCCCCCOc1ccc(S(C)(=O)=O)cc1N. The van der Waals surface area contributed by atoms with Gasteiger partial charge in [-0.15, -0.1) is 0 Å². The fraction of sp³-hybridized carbons (Fsp3) is 0.571. The number of unbranched alkanes of at least 4 members (excludes halogenated alkanes) is 4. The normalized spacial score (nSPS) is 11.5. The fourth-order valence-corrected chi connectivity index (χ4v) is 2.43. The zero-order valence-corrected chi connectivity index (χ0v) is 12.5. The smallest absolute Gasteiger partial charge is 0.175 e. The molecule has 0 amide bonds. The van der Waals surface area contributed by atoms with Crippen LogP contribution < -0.4 is 10.5 Å². The molecule has 0 heterocycles. The van der Waals surface area contributed by atoms with Crippen LogP contribution in [-0.4, -0.2) is 21.3 Å². The van der Waals surface area contributed by atoms with Crippen LogP contribution in [0.5, 0.6) is 5.75 Å². The van der Waals surface area contributed by atoms with Gasteiger partial charge in [0.25, 0.3) is 0 Å². The lowest BCUT2D eigenvalue weighted by Crippen LogP contribution is -2.03. The first kappa shape index (κ1) is 15.8. The molecule has 1 rings (SSSR count). The Morgan fingerprint density at radius 3 is 2.42 bits per heavy atom. The van der Waals surface area contributed by atoms with Crippen LogP contribution in [0, 0.1) is 0 Å². The van der Waals surface area contributed by atoms with Gasteiger partial charge in [-0.1, -0.05) is 32.6 Å². The van der Waals surface area contributed by atoms with Gasteiger partial charge in [-0.05, 0) is 24.6 Å². The van der Waals surface area contributed by atoms with Crippen molar-refractivity contribution in [1.82, 2.24) is 0 Å².